The molecule has 18 nitrogen and oxygen atoms in total. The zero-order valence-electron chi connectivity index (χ0n) is 96.2. The SMILES string of the molecule is CC(C)(CN=Cc1cc(C(C)(C)C)cc(C(C)(C)C)c1O)N=Cc1cc(C(C)(C)C)cc(CCCN2CCC[N+]3=C2CCCCC3)c1O.CC(C)(CN=Cc1cc(C(C)(C)C)cc(CCCN2CCC[N+]3=C2CCCCC3)c1O)N=Cc1cccc(C(C)(C)C)c1O.Cc1cc(C(C)(C)C)cc(C=NCC(C)(C)N=Cc2cc(C(C)(C)C)cc(CCCN3CCC[N+]4=C3CCCCC4)c2O)c1O.[CH3-].[CH3-].[CH3-].[Co].[Co].[Co].[Y].[Y].[Y]. The Morgan fingerprint density at radius 3 is 0.849 bits per heavy atom. The number of aromatic hydroxyl groups is 6. The third kappa shape index (κ3) is 41.2. The average Bonchev–Trinajstić information content (AvgIpc) is 0.929. The summed E-state index contributed by atoms with van der Waals surface area (Å²) in [5, 5.41) is 67.0. The Kier molecular flexibility index (Phi) is 57.7. The molecule has 0 bridgehead atoms. The number of aryl methyl sites for hydroxylation is 4. The summed E-state index contributed by atoms with van der Waals surface area (Å²) in [6, 6.07) is 26.9. The zero-order valence-corrected chi connectivity index (χ0v) is 108. The number of aliphatic imine (C=N–C) groups is 6. The fourth-order valence-electron chi connectivity index (χ4n) is 19.4. The van der Waals surface area contributed by atoms with Gasteiger partial charge in [-0.1, -0.05) is 188 Å². The first kappa shape index (κ1) is 139. The van der Waals surface area contributed by atoms with Gasteiger partial charge in [0, 0.05) is 263 Å². The predicted octanol–water partition coefficient (Wildman–Crippen LogP) is 25.8. The van der Waals surface area contributed by atoms with Gasteiger partial charge in [-0.2, -0.15) is 0 Å². The molecule has 0 unspecified atom stereocenters. The molecule has 0 atom stereocenters. The molecule has 146 heavy (non-hydrogen) atoms. The molecule has 6 aliphatic rings. The molecule has 6 aliphatic heterocycles. The summed E-state index contributed by atoms with van der Waals surface area (Å²) < 4.78 is 7.88. The molecule has 0 spiro atoms. The molecule has 6 radical (unpaired) electrons. The van der Waals surface area contributed by atoms with E-state index in [-0.39, 0.29) is 220 Å². The van der Waals surface area contributed by atoms with Gasteiger partial charge in [0.15, 0.2) is 0 Å². The van der Waals surface area contributed by atoms with Crippen LogP contribution in [0.25, 0.3) is 0 Å². The molecule has 0 amide bonds. The number of hydrogen-bond acceptors (Lipinski definition) is 15. The molecule has 24 heteroatoms. The first-order valence-corrected chi connectivity index (χ1v) is 52.3. The third-order valence-corrected chi connectivity index (χ3v) is 28.3. The molecular weight excluding hydrogens is 2170 g/mol. The summed E-state index contributed by atoms with van der Waals surface area (Å²) in [5.74, 6) is 6.53. The summed E-state index contributed by atoms with van der Waals surface area (Å²) in [7, 11) is 0. The molecule has 6 aromatic rings. The van der Waals surface area contributed by atoms with E-state index in [2.05, 4.69) is 250 Å². The molecule has 6 heterocycles. The summed E-state index contributed by atoms with van der Waals surface area (Å²) in [6.07, 6.45) is 35.5. The van der Waals surface area contributed by atoms with Gasteiger partial charge >= 0.3 is 0 Å². The van der Waals surface area contributed by atoms with E-state index in [1.54, 1.807) is 36.2 Å². The minimum atomic E-state index is -0.499. The maximum Gasteiger partial charge on any atom is 0.246 e. The minimum absolute atomic E-state index is 0. The van der Waals surface area contributed by atoms with Crippen molar-refractivity contribution in [2.24, 2.45) is 30.0 Å². The van der Waals surface area contributed by atoms with Gasteiger partial charge in [0.05, 0.1) is 115 Å². The maximum absolute atomic E-state index is 11.5. The average molecular weight is 2360 g/mol. The van der Waals surface area contributed by atoms with E-state index in [1.165, 1.54) is 163 Å². The van der Waals surface area contributed by atoms with Crippen LogP contribution in [-0.4, -0.2) is 229 Å². The Bertz CT molecular complexity index is 5440. The van der Waals surface area contributed by atoms with Gasteiger partial charge in [-0.05, 0) is 275 Å². The van der Waals surface area contributed by atoms with Gasteiger partial charge in [-0.15, -0.1) is 0 Å². The number of rotatable bonds is 27. The van der Waals surface area contributed by atoms with Crippen LogP contribution in [0.1, 0.15) is 397 Å². The first-order chi connectivity index (χ1) is 64.0. The summed E-state index contributed by atoms with van der Waals surface area (Å²) in [5.41, 5.74) is 14.1. The minimum Gasteiger partial charge on any atom is -0.507 e. The standard InChI is InChI=1S/C42H64N4O2.C39H58N4O2.C38H56N4O2.3CH3.3Co.3Y/c1-39(2,3)33-23-30(17-15-20-46-22-16-21-45-19-14-12-13-18-36(45)46)37(47)32(25-33)28-44-42(10,11)29-43-27-31-24-34(40(4,5)6)26-35(38(31)48)41(7,8)9;1-28-21-32(37(2,3)4)23-30(35(28)44)25-40-27-39(8,9)41-26-31-24-33(38(5,6)7)22-29(36(31)45)15-13-18-43-20-14-19-42-17-12-10-11-16-34(42)43;1-36(2,3)31-23-28(16-13-20-42-22-14-21-41-19-11-9-10-18-33(41)42)34(43)30(24-31)25-39-27-38(7,8)40-26-29-15-12-17-32(35(29)44)37(4,5)6;;;;;;;;;/h23-28H,12-22,29H2,1-11H3,(H-,43,44,47,48);21-26H,10-20,27H2,1-9H3,(H-,40,41,44,45);12,15,17,23-26H,9-11,13-14,16,18-22,27H2,1-8H3,(H-,39,40,43,44);3*1H3;;;;;;/q;;;3*-1;;;;;;/p+3. The Morgan fingerprint density at radius 2 is 0.548 bits per heavy atom. The van der Waals surface area contributed by atoms with Crippen LogP contribution in [0.3, 0.4) is 0 Å². The summed E-state index contributed by atoms with van der Waals surface area (Å²) in [6.45, 7) is 75.1. The van der Waals surface area contributed by atoms with Crippen molar-refractivity contribution in [2.75, 3.05) is 98.2 Å². The van der Waals surface area contributed by atoms with Crippen molar-refractivity contribution in [2.45, 2.75) is 383 Å². The Labute approximate surface area is 993 Å². The van der Waals surface area contributed by atoms with Crippen LogP contribution < -0.4 is 0 Å². The van der Waals surface area contributed by atoms with Crippen LogP contribution in [0.4, 0.5) is 0 Å². The Morgan fingerprint density at radius 1 is 0.288 bits per heavy atom. The van der Waals surface area contributed by atoms with Crippen LogP contribution in [-0.2, 0) is 206 Å². The maximum atomic E-state index is 11.5. The van der Waals surface area contributed by atoms with Crippen molar-refractivity contribution < 1.29 is 193 Å². The second kappa shape index (κ2) is 60.5. The Hall–Kier alpha value is -4.62. The number of nitrogens with zero attached hydrogens (tertiary/aromatic N) is 12. The van der Waals surface area contributed by atoms with Gasteiger partial charge in [0.25, 0.3) is 0 Å². The molecule has 0 saturated heterocycles. The quantitative estimate of drug-likeness (QED) is 0.0164. The first-order valence-electron chi connectivity index (χ1n) is 52.3. The molecule has 6 N–H and O–H groups in total. The van der Waals surface area contributed by atoms with Crippen LogP contribution in [0, 0.1) is 29.2 Å². The van der Waals surface area contributed by atoms with E-state index in [1.807, 2.05) is 69.7 Å². The molecular formula is C122H190Co3N12O6Y3. The van der Waals surface area contributed by atoms with Gasteiger partial charge in [-0.25, -0.2) is 0 Å². The molecule has 810 valence electrons. The molecule has 0 aliphatic carbocycles. The van der Waals surface area contributed by atoms with Crippen molar-refractivity contribution in [3.05, 3.63) is 196 Å². The van der Waals surface area contributed by atoms with E-state index in [4.69, 9.17) is 30.0 Å². The Balaban J connectivity index is 0.00000106. The predicted molar refractivity (Wildman–Crippen MR) is 600 cm³/mol. The molecule has 12 rings (SSSR count). The van der Waals surface area contributed by atoms with E-state index in [9.17, 15) is 30.6 Å². The monoisotopic (exact) mass is 2360 g/mol. The van der Waals surface area contributed by atoms with E-state index >= 15 is 0 Å². The largest absolute Gasteiger partial charge is 0.507 e. The normalized spacial score (nSPS) is 16.0. The van der Waals surface area contributed by atoms with Gasteiger partial charge in [-0.3, -0.25) is 58.4 Å². The van der Waals surface area contributed by atoms with Gasteiger partial charge in [0.1, 0.15) is 34.5 Å². The molecule has 0 aromatic heterocycles. The summed E-state index contributed by atoms with van der Waals surface area (Å²) >= 11 is 0. The number of para-hydroxylation sites is 1. The van der Waals surface area contributed by atoms with Gasteiger partial charge in [0.2, 0.25) is 17.5 Å². The second-order valence-electron chi connectivity index (χ2n) is 49.5. The smallest absolute Gasteiger partial charge is 0.246 e. The second-order valence-corrected chi connectivity index (χ2v) is 49.5. The fraction of sp³-hybridized carbons (Fsp3) is 0.607. The number of phenols is 6. The van der Waals surface area contributed by atoms with Crippen LogP contribution in [0.2, 0.25) is 0 Å². The van der Waals surface area contributed by atoms with Crippen LogP contribution in [0.5, 0.6) is 34.5 Å². The zero-order chi connectivity index (χ0) is 101. The van der Waals surface area contributed by atoms with E-state index in [0.717, 1.165) is 139 Å². The van der Waals surface area contributed by atoms with E-state index in [0.29, 0.717) is 48.2 Å². The van der Waals surface area contributed by atoms with Crippen LogP contribution in [0.15, 0.2) is 109 Å². The number of hydrogen-bond donors (Lipinski definition) is 6. The van der Waals surface area contributed by atoms with Crippen molar-refractivity contribution in [3.63, 3.8) is 0 Å². The van der Waals surface area contributed by atoms with E-state index < -0.39 is 16.6 Å². The summed E-state index contributed by atoms with van der Waals surface area (Å²) in [4.78, 5) is 36.7. The molecule has 0 fully saturated rings. The van der Waals surface area contributed by atoms with Crippen LogP contribution >= 0.6 is 0 Å². The van der Waals surface area contributed by atoms with Gasteiger partial charge < -0.3 is 52.9 Å². The molecule has 6 aromatic carbocycles. The van der Waals surface area contributed by atoms with Crippen molar-refractivity contribution in [3.8, 4) is 34.5 Å². The van der Waals surface area contributed by atoms with Crippen molar-refractivity contribution >= 4 is 54.8 Å². The van der Waals surface area contributed by atoms with Crippen molar-refractivity contribution in [1.82, 2.24) is 14.7 Å². The molecule has 0 saturated carbocycles. The number of amidine groups is 3. The topological polar surface area (TPSA) is 214 Å². The number of phenolic OH excluding ortho intramolecular Hbond substituents is 6. The third-order valence-electron chi connectivity index (χ3n) is 28.3. The number of benzene rings is 6. The fourth-order valence-corrected chi connectivity index (χ4v) is 19.4. The van der Waals surface area contributed by atoms with Crippen molar-refractivity contribution in [1.29, 1.82) is 0 Å².